The van der Waals surface area contributed by atoms with Gasteiger partial charge in [0.25, 0.3) is 5.91 Å². The lowest BCUT2D eigenvalue weighted by Crippen LogP contribution is -2.37. The maximum absolute atomic E-state index is 12.1. The van der Waals surface area contributed by atoms with E-state index in [-0.39, 0.29) is 11.6 Å². The van der Waals surface area contributed by atoms with E-state index in [2.05, 4.69) is 10.3 Å². The van der Waals surface area contributed by atoms with Crippen molar-refractivity contribution in [3.8, 4) is 0 Å². The number of aromatic nitrogens is 1. The number of carbonyl (C=O) groups excluding carboxylic acids is 2. The number of carbonyl (C=O) groups is 2. The molecule has 0 aliphatic rings. The van der Waals surface area contributed by atoms with E-state index < -0.39 is 11.9 Å². The second-order valence-corrected chi connectivity index (χ2v) is 5.67. The van der Waals surface area contributed by atoms with E-state index in [9.17, 15) is 9.59 Å². The highest BCUT2D eigenvalue weighted by atomic mass is 32.1. The van der Waals surface area contributed by atoms with Gasteiger partial charge in [-0.1, -0.05) is 30.3 Å². The van der Waals surface area contributed by atoms with Crippen molar-refractivity contribution in [1.29, 1.82) is 0 Å². The molecular weight excluding hydrogens is 316 g/mol. The fraction of sp³-hybridized carbons (Fsp3) is 0.267. The third kappa shape index (κ3) is 4.59. The molecule has 1 aromatic carbocycles. The highest BCUT2D eigenvalue weighted by Gasteiger charge is 2.19. The van der Waals surface area contributed by atoms with Gasteiger partial charge in [0, 0.05) is 12.4 Å². The number of benzene rings is 1. The van der Waals surface area contributed by atoms with Gasteiger partial charge in [0.15, 0.2) is 5.13 Å². The average molecular weight is 334 g/mol. The van der Waals surface area contributed by atoms with Gasteiger partial charge in [-0.2, -0.15) is 0 Å². The largest absolute Gasteiger partial charge is 0.320 e. The highest BCUT2D eigenvalue weighted by molar-refractivity contribution is 7.14. The number of hydrogen-bond donors (Lipinski definition) is 2. The molecule has 0 fully saturated rings. The minimum atomic E-state index is -0.692. The van der Waals surface area contributed by atoms with Crippen molar-refractivity contribution in [3.05, 3.63) is 47.0 Å². The van der Waals surface area contributed by atoms with Crippen LogP contribution < -0.4 is 11.1 Å². The molecule has 1 aromatic heterocycles. The first-order chi connectivity index (χ1) is 11.0. The topological polar surface area (TPSA) is 97.5 Å². The molecule has 2 rings (SSSR count). The van der Waals surface area contributed by atoms with Crippen molar-refractivity contribution in [2.24, 2.45) is 5.73 Å². The number of hydroxylamine groups is 2. The van der Waals surface area contributed by atoms with Crippen molar-refractivity contribution in [2.75, 3.05) is 19.5 Å². The first kappa shape index (κ1) is 17.1. The third-order valence-electron chi connectivity index (χ3n) is 3.15. The van der Waals surface area contributed by atoms with Crippen LogP contribution >= 0.6 is 11.3 Å². The number of amides is 2. The standard InChI is InChI=1S/C15H18N4O3S/c1-19(22-2)14(21)12-9-23-15(17-12)18-13(20)11(16)8-10-6-4-3-5-7-10/h3-7,9,11H,8,16H2,1-2H3,(H,17,18,20)/t11-/m0/s1. The number of thiazole rings is 1. The van der Waals surface area contributed by atoms with Crippen LogP contribution in [0.2, 0.25) is 0 Å². The average Bonchev–Trinajstić information content (AvgIpc) is 3.02. The summed E-state index contributed by atoms with van der Waals surface area (Å²) < 4.78 is 0. The molecule has 0 radical (unpaired) electrons. The van der Waals surface area contributed by atoms with Crippen LogP contribution in [-0.4, -0.2) is 42.1 Å². The van der Waals surface area contributed by atoms with Gasteiger partial charge >= 0.3 is 0 Å². The molecule has 0 unspecified atom stereocenters. The van der Waals surface area contributed by atoms with E-state index in [0.29, 0.717) is 11.6 Å². The van der Waals surface area contributed by atoms with Gasteiger partial charge < -0.3 is 11.1 Å². The molecule has 0 aliphatic heterocycles. The monoisotopic (exact) mass is 334 g/mol. The highest BCUT2D eigenvalue weighted by Crippen LogP contribution is 2.17. The molecule has 3 N–H and O–H groups in total. The van der Waals surface area contributed by atoms with Gasteiger partial charge in [0.05, 0.1) is 13.2 Å². The Balaban J connectivity index is 1.95. The Kier molecular flexibility index (Phi) is 5.80. The number of rotatable bonds is 6. The summed E-state index contributed by atoms with van der Waals surface area (Å²) in [5.74, 6) is -0.736. The zero-order chi connectivity index (χ0) is 16.8. The summed E-state index contributed by atoms with van der Waals surface area (Å²) in [6, 6.07) is 8.82. The molecule has 7 nitrogen and oxygen atoms in total. The Morgan fingerprint density at radius 1 is 1.39 bits per heavy atom. The number of nitrogens with zero attached hydrogens (tertiary/aromatic N) is 2. The molecule has 0 saturated heterocycles. The number of nitrogens with one attached hydrogen (secondary N) is 1. The predicted molar refractivity (Wildman–Crippen MR) is 88.0 cm³/mol. The number of anilines is 1. The Morgan fingerprint density at radius 2 is 2.09 bits per heavy atom. The summed E-state index contributed by atoms with van der Waals surface area (Å²) in [4.78, 5) is 32.8. The molecule has 0 spiro atoms. The van der Waals surface area contributed by atoms with E-state index in [1.807, 2.05) is 30.3 Å². The molecule has 23 heavy (non-hydrogen) atoms. The smallest absolute Gasteiger partial charge is 0.296 e. The van der Waals surface area contributed by atoms with Gasteiger partial charge in [-0.3, -0.25) is 14.4 Å². The van der Waals surface area contributed by atoms with Crippen LogP contribution in [0.1, 0.15) is 16.1 Å². The van der Waals surface area contributed by atoms with Crippen molar-refractivity contribution in [1.82, 2.24) is 10.0 Å². The van der Waals surface area contributed by atoms with Crippen molar-refractivity contribution >= 4 is 28.3 Å². The van der Waals surface area contributed by atoms with E-state index in [1.165, 1.54) is 14.2 Å². The second-order valence-electron chi connectivity index (χ2n) is 4.81. The normalized spacial score (nSPS) is 11.8. The number of hydrogen-bond acceptors (Lipinski definition) is 6. The Morgan fingerprint density at radius 3 is 2.74 bits per heavy atom. The molecule has 1 heterocycles. The summed E-state index contributed by atoms with van der Waals surface area (Å²) in [5.41, 5.74) is 7.08. The molecule has 8 heteroatoms. The lowest BCUT2D eigenvalue weighted by molar-refractivity contribution is -0.117. The van der Waals surface area contributed by atoms with Crippen LogP contribution in [0.15, 0.2) is 35.7 Å². The lowest BCUT2D eigenvalue weighted by Gasteiger charge is -2.11. The lowest BCUT2D eigenvalue weighted by atomic mass is 10.1. The molecule has 1 atom stereocenters. The Hall–Kier alpha value is -2.29. The molecule has 122 valence electrons. The SMILES string of the molecule is CON(C)C(=O)c1csc(NC(=O)[C@@H](N)Cc2ccccc2)n1. The zero-order valence-corrected chi connectivity index (χ0v) is 13.7. The molecule has 0 saturated carbocycles. The molecule has 0 bridgehead atoms. The second kappa shape index (κ2) is 7.82. The van der Waals surface area contributed by atoms with Gasteiger partial charge in [0.2, 0.25) is 5.91 Å². The fourth-order valence-corrected chi connectivity index (χ4v) is 2.52. The summed E-state index contributed by atoms with van der Waals surface area (Å²) in [6.07, 6.45) is 0.427. The first-order valence-electron chi connectivity index (χ1n) is 6.89. The van der Waals surface area contributed by atoms with Gasteiger partial charge in [0.1, 0.15) is 5.69 Å². The summed E-state index contributed by atoms with van der Waals surface area (Å²) >= 11 is 1.16. The zero-order valence-electron chi connectivity index (χ0n) is 12.9. The molecule has 0 aliphatic carbocycles. The Bertz CT molecular complexity index is 674. The quantitative estimate of drug-likeness (QED) is 0.776. The minimum Gasteiger partial charge on any atom is -0.320 e. The van der Waals surface area contributed by atoms with E-state index in [1.54, 1.807) is 5.38 Å². The number of nitrogens with two attached hydrogens (primary N) is 1. The summed E-state index contributed by atoms with van der Waals surface area (Å²) in [7, 11) is 2.87. The van der Waals surface area contributed by atoms with Gasteiger partial charge in [-0.05, 0) is 12.0 Å². The van der Waals surface area contributed by atoms with Crippen LogP contribution in [0.25, 0.3) is 0 Å². The fourth-order valence-electron chi connectivity index (χ4n) is 1.83. The Labute approximate surface area is 138 Å². The van der Waals surface area contributed by atoms with Crippen LogP contribution in [0.4, 0.5) is 5.13 Å². The van der Waals surface area contributed by atoms with Crippen LogP contribution in [0.5, 0.6) is 0 Å². The van der Waals surface area contributed by atoms with Gasteiger partial charge in [-0.15, -0.1) is 11.3 Å². The van der Waals surface area contributed by atoms with Gasteiger partial charge in [-0.25, -0.2) is 10.0 Å². The van der Waals surface area contributed by atoms with Crippen LogP contribution in [0, 0.1) is 0 Å². The molecule has 2 aromatic rings. The third-order valence-corrected chi connectivity index (χ3v) is 3.91. The predicted octanol–water partition coefficient (Wildman–Crippen LogP) is 1.28. The maximum Gasteiger partial charge on any atom is 0.296 e. The summed E-state index contributed by atoms with van der Waals surface area (Å²) in [6.45, 7) is 0. The van der Waals surface area contributed by atoms with Crippen molar-refractivity contribution < 1.29 is 14.4 Å². The van der Waals surface area contributed by atoms with E-state index >= 15 is 0 Å². The summed E-state index contributed by atoms with van der Waals surface area (Å²) in [5, 5.41) is 5.56. The van der Waals surface area contributed by atoms with Crippen LogP contribution in [0.3, 0.4) is 0 Å². The molecular formula is C15H18N4O3S. The maximum atomic E-state index is 12.1. The van der Waals surface area contributed by atoms with E-state index in [0.717, 1.165) is 22.0 Å². The van der Waals surface area contributed by atoms with E-state index in [4.69, 9.17) is 10.6 Å². The first-order valence-corrected chi connectivity index (χ1v) is 7.77. The van der Waals surface area contributed by atoms with Crippen molar-refractivity contribution in [2.45, 2.75) is 12.5 Å². The van der Waals surface area contributed by atoms with Crippen molar-refractivity contribution in [3.63, 3.8) is 0 Å². The minimum absolute atomic E-state index is 0.200. The van der Waals surface area contributed by atoms with Crippen LogP contribution in [-0.2, 0) is 16.1 Å². The molecule has 2 amide bonds.